The zero-order valence-corrected chi connectivity index (χ0v) is 11.0. The Labute approximate surface area is 107 Å². The van der Waals surface area contributed by atoms with Crippen molar-refractivity contribution in [2.75, 3.05) is 13.6 Å². The molecule has 2 heterocycles. The number of likely N-dealkylation sites (tertiary alicyclic amines) is 1. The summed E-state index contributed by atoms with van der Waals surface area (Å²) in [5.74, 6) is 0. The monoisotopic (exact) mass is 244 g/mol. The Morgan fingerprint density at radius 1 is 1.39 bits per heavy atom. The zero-order chi connectivity index (χ0) is 12.7. The smallest absolute Gasteiger partial charge is 0.0682 e. The summed E-state index contributed by atoms with van der Waals surface area (Å²) in [7, 11) is 2.10. The number of hydrogen-bond acceptors (Lipinski definition) is 2. The molecule has 0 bridgehead atoms. The number of fused-ring (bicyclic) bond motifs is 1. The molecule has 3 heteroatoms. The van der Waals surface area contributed by atoms with Crippen molar-refractivity contribution in [2.45, 2.75) is 31.9 Å². The molecule has 18 heavy (non-hydrogen) atoms. The molecule has 3 rings (SSSR count). The highest BCUT2D eigenvalue weighted by Crippen LogP contribution is 2.27. The van der Waals surface area contributed by atoms with Crippen LogP contribution in [-0.4, -0.2) is 40.7 Å². The van der Waals surface area contributed by atoms with Crippen LogP contribution in [0.1, 0.15) is 17.7 Å². The van der Waals surface area contributed by atoms with Crippen LogP contribution < -0.4 is 0 Å². The number of aromatic nitrogens is 1. The van der Waals surface area contributed by atoms with E-state index < -0.39 is 0 Å². The standard InChI is InChI=1S/C15H20N2O/c1-10-14(8-11-7-12(18)9-17(11)2)13-5-3-4-6-15(13)16-10/h3-6,11-12,16,18H,7-9H2,1-2H3/t11-,12-/m1/s1. The maximum Gasteiger partial charge on any atom is 0.0682 e. The molecule has 2 aromatic rings. The van der Waals surface area contributed by atoms with Gasteiger partial charge in [0, 0.05) is 29.2 Å². The predicted molar refractivity (Wildman–Crippen MR) is 73.8 cm³/mol. The molecule has 0 amide bonds. The summed E-state index contributed by atoms with van der Waals surface area (Å²) < 4.78 is 0. The fourth-order valence-electron chi connectivity index (χ4n) is 3.12. The number of nitrogens with one attached hydrogen (secondary N) is 1. The Balaban J connectivity index is 1.93. The maximum absolute atomic E-state index is 9.73. The van der Waals surface area contributed by atoms with Crippen molar-refractivity contribution in [3.05, 3.63) is 35.5 Å². The number of β-amino-alcohol motifs (C(OH)–C–C–N with tert-alkyl or cyclic N) is 1. The number of H-pyrrole nitrogens is 1. The lowest BCUT2D eigenvalue weighted by molar-refractivity contribution is 0.182. The fourth-order valence-corrected chi connectivity index (χ4v) is 3.12. The van der Waals surface area contributed by atoms with Gasteiger partial charge in [0.2, 0.25) is 0 Å². The summed E-state index contributed by atoms with van der Waals surface area (Å²) in [6.45, 7) is 2.94. The molecule has 2 N–H and O–H groups in total. The van der Waals surface area contributed by atoms with Gasteiger partial charge in [0.25, 0.3) is 0 Å². The lowest BCUT2D eigenvalue weighted by Crippen LogP contribution is -2.27. The van der Waals surface area contributed by atoms with Crippen LogP contribution in [0.5, 0.6) is 0 Å². The number of rotatable bonds is 2. The first-order valence-electron chi connectivity index (χ1n) is 6.59. The predicted octanol–water partition coefficient (Wildman–Crippen LogP) is 2.08. The normalized spacial score (nSPS) is 25.1. The van der Waals surface area contributed by atoms with Gasteiger partial charge in [-0.2, -0.15) is 0 Å². The van der Waals surface area contributed by atoms with Gasteiger partial charge in [-0.25, -0.2) is 0 Å². The summed E-state index contributed by atoms with van der Waals surface area (Å²) in [6.07, 6.45) is 1.74. The minimum atomic E-state index is -0.162. The third-order valence-corrected chi connectivity index (χ3v) is 4.13. The molecule has 0 radical (unpaired) electrons. The first kappa shape index (κ1) is 11.8. The van der Waals surface area contributed by atoms with Crippen molar-refractivity contribution in [3.8, 4) is 0 Å². The van der Waals surface area contributed by atoms with E-state index in [9.17, 15) is 5.11 Å². The molecule has 1 aromatic carbocycles. The number of hydrogen-bond donors (Lipinski definition) is 2. The Morgan fingerprint density at radius 3 is 2.89 bits per heavy atom. The van der Waals surface area contributed by atoms with Crippen LogP contribution in [0, 0.1) is 6.92 Å². The average molecular weight is 244 g/mol. The number of likely N-dealkylation sites (N-methyl/N-ethyl adjacent to an activating group) is 1. The van der Waals surface area contributed by atoms with E-state index in [0.717, 1.165) is 19.4 Å². The van der Waals surface area contributed by atoms with E-state index in [1.807, 2.05) is 0 Å². The SMILES string of the molecule is Cc1[nH]c2ccccc2c1C[C@H]1C[C@@H](O)CN1C. The Bertz CT molecular complexity index is 561. The highest BCUT2D eigenvalue weighted by Gasteiger charge is 2.28. The van der Waals surface area contributed by atoms with Crippen LogP contribution in [0.25, 0.3) is 10.9 Å². The van der Waals surface area contributed by atoms with Crippen LogP contribution in [0.15, 0.2) is 24.3 Å². The first-order chi connectivity index (χ1) is 8.65. The van der Waals surface area contributed by atoms with E-state index in [2.05, 4.69) is 48.1 Å². The Hall–Kier alpha value is -1.32. The second-order valence-electron chi connectivity index (χ2n) is 5.46. The third-order valence-electron chi connectivity index (χ3n) is 4.13. The van der Waals surface area contributed by atoms with Crippen LogP contribution in [0.3, 0.4) is 0 Å². The van der Waals surface area contributed by atoms with E-state index in [-0.39, 0.29) is 6.10 Å². The van der Waals surface area contributed by atoms with Gasteiger partial charge in [-0.3, -0.25) is 0 Å². The fraction of sp³-hybridized carbons (Fsp3) is 0.467. The Morgan fingerprint density at radius 2 is 2.17 bits per heavy atom. The van der Waals surface area contributed by atoms with Crippen molar-refractivity contribution in [1.82, 2.24) is 9.88 Å². The number of aromatic amines is 1. The van der Waals surface area contributed by atoms with Crippen molar-refractivity contribution in [3.63, 3.8) is 0 Å². The zero-order valence-electron chi connectivity index (χ0n) is 11.0. The van der Waals surface area contributed by atoms with Gasteiger partial charge in [0.05, 0.1) is 6.10 Å². The van der Waals surface area contributed by atoms with Crippen LogP contribution >= 0.6 is 0 Å². The Kier molecular flexibility index (Phi) is 2.88. The lowest BCUT2D eigenvalue weighted by atomic mass is 10.0. The third kappa shape index (κ3) is 1.93. The molecule has 1 aliphatic heterocycles. The molecule has 0 unspecified atom stereocenters. The van der Waals surface area contributed by atoms with Gasteiger partial charge < -0.3 is 15.0 Å². The second-order valence-corrected chi connectivity index (χ2v) is 5.46. The van der Waals surface area contributed by atoms with Gasteiger partial charge in [-0.1, -0.05) is 18.2 Å². The summed E-state index contributed by atoms with van der Waals surface area (Å²) in [5.41, 5.74) is 3.87. The number of aryl methyl sites for hydroxylation is 1. The van der Waals surface area contributed by atoms with Crippen LogP contribution in [0.2, 0.25) is 0 Å². The molecule has 96 valence electrons. The van der Waals surface area contributed by atoms with Crippen molar-refractivity contribution >= 4 is 10.9 Å². The van der Waals surface area contributed by atoms with Crippen molar-refractivity contribution in [2.24, 2.45) is 0 Å². The number of nitrogens with zero attached hydrogens (tertiary/aromatic N) is 1. The summed E-state index contributed by atoms with van der Waals surface area (Å²) >= 11 is 0. The molecule has 0 aliphatic carbocycles. The second kappa shape index (κ2) is 4.41. The minimum Gasteiger partial charge on any atom is -0.392 e. The highest BCUT2D eigenvalue weighted by atomic mass is 16.3. The van der Waals surface area contributed by atoms with E-state index in [0.29, 0.717) is 6.04 Å². The summed E-state index contributed by atoms with van der Waals surface area (Å²) in [6, 6.07) is 8.91. The lowest BCUT2D eigenvalue weighted by Gasteiger charge is -2.18. The van der Waals surface area contributed by atoms with Gasteiger partial charge in [-0.15, -0.1) is 0 Å². The molecule has 1 aromatic heterocycles. The number of benzene rings is 1. The van der Waals surface area contributed by atoms with E-state index >= 15 is 0 Å². The number of aliphatic hydroxyl groups excluding tert-OH is 1. The van der Waals surface area contributed by atoms with Crippen molar-refractivity contribution < 1.29 is 5.11 Å². The van der Waals surface area contributed by atoms with Gasteiger partial charge in [0.1, 0.15) is 0 Å². The molecular weight excluding hydrogens is 224 g/mol. The minimum absolute atomic E-state index is 0.162. The van der Waals surface area contributed by atoms with E-state index in [1.165, 1.54) is 22.2 Å². The van der Waals surface area contributed by atoms with Crippen molar-refractivity contribution in [1.29, 1.82) is 0 Å². The molecule has 3 nitrogen and oxygen atoms in total. The summed E-state index contributed by atoms with van der Waals surface area (Å²) in [5, 5.41) is 11.1. The van der Waals surface area contributed by atoms with Gasteiger partial charge >= 0.3 is 0 Å². The quantitative estimate of drug-likeness (QED) is 0.849. The molecule has 0 saturated carbocycles. The van der Waals surface area contributed by atoms with E-state index in [4.69, 9.17) is 0 Å². The van der Waals surface area contributed by atoms with E-state index in [1.54, 1.807) is 0 Å². The molecule has 2 atom stereocenters. The topological polar surface area (TPSA) is 39.3 Å². The largest absolute Gasteiger partial charge is 0.392 e. The van der Waals surface area contributed by atoms with Crippen LogP contribution in [-0.2, 0) is 6.42 Å². The number of aliphatic hydroxyl groups is 1. The molecule has 0 spiro atoms. The highest BCUT2D eigenvalue weighted by molar-refractivity contribution is 5.84. The summed E-state index contributed by atoms with van der Waals surface area (Å²) in [4.78, 5) is 5.72. The van der Waals surface area contributed by atoms with Gasteiger partial charge in [0.15, 0.2) is 0 Å². The molecule has 1 saturated heterocycles. The first-order valence-corrected chi connectivity index (χ1v) is 6.59. The molecule has 1 aliphatic rings. The molecule has 1 fully saturated rings. The van der Waals surface area contributed by atoms with Crippen LogP contribution in [0.4, 0.5) is 0 Å². The number of para-hydroxylation sites is 1. The van der Waals surface area contributed by atoms with Gasteiger partial charge in [-0.05, 0) is 38.4 Å². The average Bonchev–Trinajstić information content (AvgIpc) is 2.81. The maximum atomic E-state index is 9.73. The molecular formula is C15H20N2O.